The van der Waals surface area contributed by atoms with Crippen molar-refractivity contribution in [1.82, 2.24) is 40.4 Å². The number of carbonyl (C=O) groups excluding carboxylic acids is 4. The third-order valence-corrected chi connectivity index (χ3v) is 11.9. The third-order valence-electron chi connectivity index (χ3n) is 11.9. The molecule has 2 saturated heterocycles. The van der Waals surface area contributed by atoms with Gasteiger partial charge in [0.15, 0.2) is 0 Å². The molecule has 4 atom stereocenters. The topological polar surface area (TPSA) is 165 Å². The molecular weight excluding hydrogens is 757 g/mol. The summed E-state index contributed by atoms with van der Waals surface area (Å²) in [5.41, 5.74) is 7.84. The second kappa shape index (κ2) is 17.2. The zero-order valence-corrected chi connectivity index (χ0v) is 34.3. The molecule has 0 aliphatic carbocycles. The summed E-state index contributed by atoms with van der Waals surface area (Å²) in [5.74, 6) is 1.07. The Balaban J connectivity index is 0.961. The Hall–Kier alpha value is -6.76. The summed E-state index contributed by atoms with van der Waals surface area (Å²) in [7, 11) is 1.29. The molecule has 4 amide bonds. The SMILES string of the molecule is COC(=O)N[C@H](C(=O)N1CCC[C@H]1c1ncc(-c2ccc(-c3ccc4cc(-c5cnc([C@@H]6CCCN6C(=O)[C@H](NC=O)c6ccccc6)[nH]5)ccc4c3)c(C)c2)[nH]1)C(C)C. The molecule has 2 aliphatic heterocycles. The van der Waals surface area contributed by atoms with Gasteiger partial charge < -0.3 is 35.1 Å². The standard InChI is InChI=1S/C47H50N8O5/c1-28(2)41(53-47(59)60-4)45(57)54-20-8-12-39(54)43-48-25-37(51-43)34-18-19-36(29(3)22-34)33-16-14-32-24-35(17-15-31(32)23-33)38-26-49-44(52-38)40-13-9-21-55(40)46(58)42(50-27-56)30-10-6-5-7-11-30/h5-7,10-11,14-19,22-28,39-42H,8-9,12-13,20-21H2,1-4H3,(H,48,51)(H,49,52)(H,50,56)(H,53,59)/t39-,40-,41-,42+/m0/s1. The summed E-state index contributed by atoms with van der Waals surface area (Å²) in [6.07, 6.45) is 6.88. The third kappa shape index (κ3) is 7.99. The van der Waals surface area contributed by atoms with Crippen LogP contribution < -0.4 is 10.6 Å². The Kier molecular flexibility index (Phi) is 11.5. The van der Waals surface area contributed by atoms with Gasteiger partial charge >= 0.3 is 6.09 Å². The van der Waals surface area contributed by atoms with E-state index in [1.807, 2.05) is 66.4 Å². The van der Waals surface area contributed by atoms with Crippen molar-refractivity contribution < 1.29 is 23.9 Å². The van der Waals surface area contributed by atoms with E-state index in [2.05, 4.69) is 82.1 Å². The summed E-state index contributed by atoms with van der Waals surface area (Å²) in [4.78, 5) is 70.9. The van der Waals surface area contributed by atoms with Crippen LogP contribution in [-0.4, -0.2) is 80.3 Å². The number of H-pyrrole nitrogens is 2. The number of nitrogens with one attached hydrogen (secondary N) is 4. The van der Waals surface area contributed by atoms with Gasteiger partial charge in [-0.3, -0.25) is 14.4 Å². The lowest BCUT2D eigenvalue weighted by atomic mass is 9.95. The van der Waals surface area contributed by atoms with Crippen molar-refractivity contribution in [3.63, 3.8) is 0 Å². The number of hydrogen-bond acceptors (Lipinski definition) is 7. The number of hydrogen-bond donors (Lipinski definition) is 4. The molecule has 2 aliphatic rings. The van der Waals surface area contributed by atoms with E-state index >= 15 is 0 Å². The van der Waals surface area contributed by atoms with Gasteiger partial charge in [0.25, 0.3) is 0 Å². The Labute approximate surface area is 349 Å². The number of carbonyl (C=O) groups is 4. The lowest BCUT2D eigenvalue weighted by molar-refractivity contribution is -0.136. The highest BCUT2D eigenvalue weighted by atomic mass is 16.5. The number of aromatic nitrogens is 4. The van der Waals surface area contributed by atoms with Gasteiger partial charge in [-0.25, -0.2) is 14.8 Å². The predicted molar refractivity (Wildman–Crippen MR) is 229 cm³/mol. The minimum absolute atomic E-state index is 0.106. The number of rotatable bonds is 12. The molecule has 0 radical (unpaired) electrons. The molecule has 2 aromatic heterocycles. The zero-order valence-electron chi connectivity index (χ0n) is 34.3. The Morgan fingerprint density at radius 1 is 0.767 bits per heavy atom. The molecule has 0 unspecified atom stereocenters. The minimum atomic E-state index is -0.757. The second-order valence-electron chi connectivity index (χ2n) is 16.0. The first-order valence-corrected chi connectivity index (χ1v) is 20.6. The average Bonchev–Trinajstić information content (AvgIpc) is 4.11. The molecule has 4 aromatic carbocycles. The van der Waals surface area contributed by atoms with Crippen molar-refractivity contribution >= 4 is 35.1 Å². The molecule has 0 saturated carbocycles. The summed E-state index contributed by atoms with van der Waals surface area (Å²) in [6, 6.07) is 26.7. The van der Waals surface area contributed by atoms with Crippen molar-refractivity contribution in [3.8, 4) is 33.6 Å². The van der Waals surface area contributed by atoms with Crippen LogP contribution >= 0.6 is 0 Å². The Morgan fingerprint density at radius 2 is 1.33 bits per heavy atom. The Bertz CT molecular complexity index is 2530. The van der Waals surface area contributed by atoms with E-state index in [1.165, 1.54) is 7.11 Å². The van der Waals surface area contributed by atoms with Crippen LogP contribution in [0.2, 0.25) is 0 Å². The van der Waals surface area contributed by atoms with Crippen molar-refractivity contribution in [2.24, 2.45) is 5.92 Å². The highest BCUT2D eigenvalue weighted by molar-refractivity contribution is 5.91. The largest absolute Gasteiger partial charge is 0.453 e. The first kappa shape index (κ1) is 40.0. The molecule has 0 bridgehead atoms. The quantitative estimate of drug-likeness (QED) is 0.0917. The van der Waals surface area contributed by atoms with Crippen LogP contribution in [0, 0.1) is 12.8 Å². The number of likely N-dealkylation sites (tertiary alicyclic amines) is 2. The van der Waals surface area contributed by atoms with E-state index in [0.29, 0.717) is 19.5 Å². The maximum atomic E-state index is 13.7. The number of aryl methyl sites for hydroxylation is 1. The molecule has 6 aromatic rings. The fourth-order valence-electron chi connectivity index (χ4n) is 8.74. The normalized spacial score (nSPS) is 17.5. The highest BCUT2D eigenvalue weighted by Crippen LogP contribution is 2.37. The molecule has 4 heterocycles. The smallest absolute Gasteiger partial charge is 0.407 e. The summed E-state index contributed by atoms with van der Waals surface area (Å²) < 4.78 is 4.77. The van der Waals surface area contributed by atoms with E-state index in [0.717, 1.165) is 92.9 Å². The lowest BCUT2D eigenvalue weighted by Crippen LogP contribution is -2.51. The van der Waals surface area contributed by atoms with E-state index in [-0.39, 0.29) is 29.8 Å². The van der Waals surface area contributed by atoms with Gasteiger partial charge in [0, 0.05) is 18.7 Å². The first-order chi connectivity index (χ1) is 29.1. The number of ether oxygens (including phenoxy) is 1. The second-order valence-corrected chi connectivity index (χ2v) is 16.0. The van der Waals surface area contributed by atoms with Crippen LogP contribution in [0.5, 0.6) is 0 Å². The minimum Gasteiger partial charge on any atom is -0.453 e. The maximum Gasteiger partial charge on any atom is 0.407 e. The number of fused-ring (bicyclic) bond motifs is 1. The van der Waals surface area contributed by atoms with Crippen LogP contribution in [0.15, 0.2) is 97.3 Å². The molecular formula is C47H50N8O5. The number of aromatic amines is 2. The van der Waals surface area contributed by atoms with Crippen LogP contribution in [-0.2, 0) is 19.1 Å². The van der Waals surface area contributed by atoms with Crippen molar-refractivity contribution in [2.45, 2.75) is 70.6 Å². The summed E-state index contributed by atoms with van der Waals surface area (Å²) in [5, 5.41) is 7.63. The number of benzene rings is 4. The fraction of sp³-hybridized carbons (Fsp3) is 0.319. The van der Waals surface area contributed by atoms with E-state index < -0.39 is 18.2 Å². The van der Waals surface area contributed by atoms with Crippen molar-refractivity contribution in [2.75, 3.05) is 20.2 Å². The van der Waals surface area contributed by atoms with Gasteiger partial charge in [-0.15, -0.1) is 0 Å². The number of alkyl carbamates (subject to hydrolysis) is 1. The molecule has 13 nitrogen and oxygen atoms in total. The van der Waals surface area contributed by atoms with E-state index in [4.69, 9.17) is 14.7 Å². The molecule has 308 valence electrons. The van der Waals surface area contributed by atoms with Gasteiger partial charge in [-0.05, 0) is 95.3 Å². The van der Waals surface area contributed by atoms with Crippen molar-refractivity contribution in [1.29, 1.82) is 0 Å². The predicted octanol–water partition coefficient (Wildman–Crippen LogP) is 7.79. The summed E-state index contributed by atoms with van der Waals surface area (Å²) in [6.45, 7) is 7.11. The molecule has 13 heteroatoms. The average molecular weight is 807 g/mol. The van der Waals surface area contributed by atoms with Crippen LogP contribution in [0.25, 0.3) is 44.4 Å². The van der Waals surface area contributed by atoms with Gasteiger partial charge in [0.2, 0.25) is 18.2 Å². The summed E-state index contributed by atoms with van der Waals surface area (Å²) >= 11 is 0. The first-order valence-electron chi connectivity index (χ1n) is 20.6. The van der Waals surface area contributed by atoms with Gasteiger partial charge in [0.1, 0.15) is 23.7 Å². The zero-order chi connectivity index (χ0) is 41.9. The monoisotopic (exact) mass is 806 g/mol. The van der Waals surface area contributed by atoms with E-state index in [1.54, 1.807) is 0 Å². The van der Waals surface area contributed by atoms with Gasteiger partial charge in [-0.2, -0.15) is 0 Å². The molecule has 8 rings (SSSR count). The van der Waals surface area contributed by atoms with Crippen LogP contribution in [0.1, 0.15) is 80.4 Å². The molecule has 4 N–H and O–H groups in total. The van der Waals surface area contributed by atoms with Crippen molar-refractivity contribution in [3.05, 3.63) is 120 Å². The van der Waals surface area contributed by atoms with Gasteiger partial charge in [0.05, 0.1) is 43.0 Å². The number of methoxy groups -OCH3 is 1. The van der Waals surface area contributed by atoms with Gasteiger partial charge in [-0.1, -0.05) is 80.6 Å². The lowest BCUT2D eigenvalue weighted by Gasteiger charge is -2.30. The highest BCUT2D eigenvalue weighted by Gasteiger charge is 2.38. The number of amides is 4. The van der Waals surface area contributed by atoms with Crippen LogP contribution in [0.4, 0.5) is 4.79 Å². The van der Waals surface area contributed by atoms with E-state index in [9.17, 15) is 19.2 Å². The van der Waals surface area contributed by atoms with Crippen LogP contribution in [0.3, 0.4) is 0 Å². The molecule has 0 spiro atoms. The number of imidazole rings is 2. The maximum absolute atomic E-state index is 13.7. The molecule has 60 heavy (non-hydrogen) atoms. The fourth-order valence-corrected chi connectivity index (χ4v) is 8.74. The Morgan fingerprint density at radius 3 is 1.92 bits per heavy atom. The molecule has 2 fully saturated rings. The number of nitrogens with zero attached hydrogens (tertiary/aromatic N) is 4.